The molecule has 3 aromatic carbocycles. The van der Waals surface area contributed by atoms with Crippen molar-refractivity contribution in [3.05, 3.63) is 88.8 Å². The predicted octanol–water partition coefficient (Wildman–Crippen LogP) is 5.34. The molecular formula is C28H23NO6. The number of ether oxygens (including phenoxy) is 4. The first-order valence-electron chi connectivity index (χ1n) is 11.0. The maximum atomic E-state index is 13.1. The number of aryl methyl sites for hydroxylation is 1. The van der Waals surface area contributed by atoms with Crippen LogP contribution < -0.4 is 18.9 Å². The highest BCUT2D eigenvalue weighted by atomic mass is 16.5. The summed E-state index contributed by atoms with van der Waals surface area (Å²) in [6.45, 7) is 1.76. The highest BCUT2D eigenvalue weighted by Crippen LogP contribution is 2.40. The fourth-order valence-electron chi connectivity index (χ4n) is 4.15. The minimum absolute atomic E-state index is 0.206. The van der Waals surface area contributed by atoms with E-state index >= 15 is 0 Å². The van der Waals surface area contributed by atoms with Crippen LogP contribution in [0.15, 0.2) is 66.6 Å². The van der Waals surface area contributed by atoms with Crippen LogP contribution in [0.1, 0.15) is 31.8 Å². The molecule has 0 amide bonds. The molecule has 7 nitrogen and oxygen atoms in total. The number of fused-ring (bicyclic) bond motifs is 2. The van der Waals surface area contributed by atoms with Gasteiger partial charge in [0.1, 0.15) is 23.0 Å². The van der Waals surface area contributed by atoms with E-state index in [-0.39, 0.29) is 11.5 Å². The number of aromatic nitrogens is 1. The smallest absolute Gasteiger partial charge is 0.343 e. The van der Waals surface area contributed by atoms with E-state index in [2.05, 4.69) is 0 Å². The van der Waals surface area contributed by atoms with Gasteiger partial charge in [0.2, 0.25) is 5.78 Å². The monoisotopic (exact) mass is 469 g/mol. The van der Waals surface area contributed by atoms with Gasteiger partial charge in [-0.15, -0.1) is 0 Å². The summed E-state index contributed by atoms with van der Waals surface area (Å²) in [5, 5.41) is 0.942. The molecule has 0 N–H and O–H groups in total. The van der Waals surface area contributed by atoms with Crippen molar-refractivity contribution in [2.24, 2.45) is 7.05 Å². The second-order valence-electron chi connectivity index (χ2n) is 8.20. The molecule has 1 aliphatic rings. The van der Waals surface area contributed by atoms with Crippen molar-refractivity contribution in [1.82, 2.24) is 4.57 Å². The van der Waals surface area contributed by atoms with E-state index in [4.69, 9.17) is 18.9 Å². The van der Waals surface area contributed by atoms with Crippen LogP contribution >= 0.6 is 0 Å². The fraction of sp³-hybridized carbons (Fsp3) is 0.143. The Bertz CT molecular complexity index is 1510. The maximum absolute atomic E-state index is 13.1. The SMILES string of the molecule is COc1ccc(C(=O)Oc2ccc3c(c2C)O/C(=C/c2cn(C)c4ccc(OC)cc24)C3=O)cc1. The number of ketones is 1. The predicted molar refractivity (Wildman–Crippen MR) is 132 cm³/mol. The molecule has 0 unspecified atom stereocenters. The lowest BCUT2D eigenvalue weighted by atomic mass is 10.1. The number of Topliss-reactive ketones (excluding diaryl/α,β-unsaturated/α-hetero) is 1. The number of rotatable bonds is 5. The molecule has 5 rings (SSSR count). The number of nitrogens with zero attached hydrogens (tertiary/aromatic N) is 1. The third-order valence-electron chi connectivity index (χ3n) is 6.08. The Morgan fingerprint density at radius 2 is 1.69 bits per heavy atom. The van der Waals surface area contributed by atoms with E-state index in [1.165, 1.54) is 0 Å². The lowest BCUT2D eigenvalue weighted by Gasteiger charge is -2.10. The zero-order valence-corrected chi connectivity index (χ0v) is 19.7. The largest absolute Gasteiger partial charge is 0.497 e. The number of methoxy groups -OCH3 is 2. The summed E-state index contributed by atoms with van der Waals surface area (Å²) >= 11 is 0. The minimum atomic E-state index is -0.513. The maximum Gasteiger partial charge on any atom is 0.343 e. The van der Waals surface area contributed by atoms with Gasteiger partial charge in [-0.2, -0.15) is 0 Å². The van der Waals surface area contributed by atoms with Crippen LogP contribution in [-0.2, 0) is 7.05 Å². The normalized spacial score (nSPS) is 13.6. The van der Waals surface area contributed by atoms with E-state index in [0.717, 1.165) is 22.2 Å². The summed E-state index contributed by atoms with van der Waals surface area (Å²) in [5.74, 6) is 1.55. The quantitative estimate of drug-likeness (QED) is 0.223. The van der Waals surface area contributed by atoms with E-state index in [0.29, 0.717) is 33.9 Å². The lowest BCUT2D eigenvalue weighted by molar-refractivity contribution is 0.0733. The second-order valence-corrected chi connectivity index (χ2v) is 8.20. The average molecular weight is 469 g/mol. The number of hydrogen-bond donors (Lipinski definition) is 0. The first-order valence-corrected chi connectivity index (χ1v) is 11.0. The summed E-state index contributed by atoms with van der Waals surface area (Å²) in [7, 11) is 5.11. The molecule has 0 saturated heterocycles. The lowest BCUT2D eigenvalue weighted by Crippen LogP contribution is -2.09. The third-order valence-corrected chi connectivity index (χ3v) is 6.08. The first kappa shape index (κ1) is 22.3. The summed E-state index contributed by atoms with van der Waals surface area (Å²) < 4.78 is 24.0. The number of benzene rings is 3. The van der Waals surface area contributed by atoms with Crippen LogP contribution in [0.2, 0.25) is 0 Å². The van der Waals surface area contributed by atoms with Gasteiger partial charge in [0, 0.05) is 35.3 Å². The highest BCUT2D eigenvalue weighted by Gasteiger charge is 2.31. The molecule has 1 aliphatic heterocycles. The molecule has 0 aliphatic carbocycles. The van der Waals surface area contributed by atoms with E-state index in [1.807, 2.05) is 36.0 Å². The van der Waals surface area contributed by atoms with Crippen molar-refractivity contribution in [2.75, 3.05) is 14.2 Å². The van der Waals surface area contributed by atoms with Gasteiger partial charge in [0.25, 0.3) is 0 Å². The number of carbonyl (C=O) groups is 2. The van der Waals surface area contributed by atoms with Crippen LogP contribution in [0.5, 0.6) is 23.0 Å². The van der Waals surface area contributed by atoms with Crippen molar-refractivity contribution < 1.29 is 28.5 Å². The zero-order valence-electron chi connectivity index (χ0n) is 19.7. The Morgan fingerprint density at radius 1 is 0.971 bits per heavy atom. The summed E-state index contributed by atoms with van der Waals surface area (Å²) in [6.07, 6.45) is 3.66. The van der Waals surface area contributed by atoms with Gasteiger partial charge in [-0.25, -0.2) is 4.79 Å². The van der Waals surface area contributed by atoms with Crippen LogP contribution in [0.4, 0.5) is 0 Å². The van der Waals surface area contributed by atoms with Gasteiger partial charge in [-0.3, -0.25) is 4.79 Å². The minimum Gasteiger partial charge on any atom is -0.497 e. The van der Waals surface area contributed by atoms with Crippen LogP contribution in [0.25, 0.3) is 17.0 Å². The first-order chi connectivity index (χ1) is 16.9. The molecule has 1 aromatic heterocycles. The third kappa shape index (κ3) is 3.91. The molecule has 0 fully saturated rings. The van der Waals surface area contributed by atoms with Crippen molar-refractivity contribution in [3.63, 3.8) is 0 Å². The topological polar surface area (TPSA) is 76.0 Å². The number of esters is 1. The number of carbonyl (C=O) groups excluding carboxylic acids is 2. The van der Waals surface area contributed by atoms with Gasteiger partial charge in [-0.05, 0) is 67.6 Å². The number of allylic oxidation sites excluding steroid dienone is 1. The molecule has 35 heavy (non-hydrogen) atoms. The Morgan fingerprint density at radius 3 is 2.40 bits per heavy atom. The molecule has 0 bridgehead atoms. The van der Waals surface area contributed by atoms with Gasteiger partial charge < -0.3 is 23.5 Å². The van der Waals surface area contributed by atoms with Crippen molar-refractivity contribution in [2.45, 2.75) is 6.92 Å². The molecule has 176 valence electrons. The van der Waals surface area contributed by atoms with Gasteiger partial charge in [0.05, 0.1) is 25.3 Å². The average Bonchev–Trinajstić information content (AvgIpc) is 3.37. The standard InChI is InChI=1S/C28H23NO6/c1-16-24(35-28(31)17-5-7-19(32-3)8-6-17)12-10-21-26(30)25(34-27(16)21)13-18-15-29(2)23-11-9-20(33-4)14-22(18)23/h5-15H,1-4H3/b25-13+. The molecule has 7 heteroatoms. The molecule has 0 radical (unpaired) electrons. The van der Waals surface area contributed by atoms with E-state index in [9.17, 15) is 9.59 Å². The van der Waals surface area contributed by atoms with Crippen molar-refractivity contribution >= 4 is 28.7 Å². The molecule has 4 aromatic rings. The second kappa shape index (κ2) is 8.68. The van der Waals surface area contributed by atoms with Crippen LogP contribution in [0.3, 0.4) is 0 Å². The van der Waals surface area contributed by atoms with Gasteiger partial charge in [0.15, 0.2) is 5.76 Å². The summed E-state index contributed by atoms with van der Waals surface area (Å²) in [6, 6.07) is 15.7. The molecule has 0 spiro atoms. The highest BCUT2D eigenvalue weighted by molar-refractivity contribution is 6.15. The van der Waals surface area contributed by atoms with Crippen molar-refractivity contribution in [3.8, 4) is 23.0 Å². The summed E-state index contributed by atoms with van der Waals surface area (Å²) in [5.41, 5.74) is 3.22. The van der Waals surface area contributed by atoms with Gasteiger partial charge in [-0.1, -0.05) is 0 Å². The fourth-order valence-corrected chi connectivity index (χ4v) is 4.15. The summed E-state index contributed by atoms with van der Waals surface area (Å²) in [4.78, 5) is 25.7. The van der Waals surface area contributed by atoms with E-state index in [1.54, 1.807) is 63.6 Å². The molecular weight excluding hydrogens is 446 g/mol. The Labute approximate surface area is 202 Å². The Hall–Kier alpha value is -4.52. The molecule has 0 saturated carbocycles. The van der Waals surface area contributed by atoms with Crippen LogP contribution in [-0.4, -0.2) is 30.5 Å². The number of hydrogen-bond acceptors (Lipinski definition) is 6. The Kier molecular flexibility index (Phi) is 5.53. The van der Waals surface area contributed by atoms with Crippen LogP contribution in [0, 0.1) is 6.92 Å². The van der Waals surface area contributed by atoms with Gasteiger partial charge >= 0.3 is 5.97 Å². The molecule has 2 heterocycles. The molecule has 0 atom stereocenters. The zero-order chi connectivity index (χ0) is 24.7. The van der Waals surface area contributed by atoms with Crippen molar-refractivity contribution in [1.29, 1.82) is 0 Å². The Balaban J connectivity index is 1.44. The van der Waals surface area contributed by atoms with E-state index < -0.39 is 5.97 Å².